The molecule has 48 valence electrons. The topological polar surface area (TPSA) is 0 Å². The monoisotopic (exact) mass is 376 g/mol. The minimum absolute atomic E-state index is 1.19. The second kappa shape index (κ2) is 16.1. The van der Waals surface area contributed by atoms with Gasteiger partial charge in [0.1, 0.15) is 0 Å². The molecule has 0 spiro atoms. The molecule has 0 heterocycles. The Bertz CT molecular complexity index is 29.2. The molecule has 0 fully saturated rings. The van der Waals surface area contributed by atoms with E-state index in [0.29, 0.717) is 0 Å². The fourth-order valence-corrected chi connectivity index (χ4v) is 0.354. The van der Waals surface area contributed by atoms with Gasteiger partial charge >= 0.3 is 49.1 Å². The van der Waals surface area contributed by atoms with Crippen molar-refractivity contribution >= 4 is 62.7 Å². The summed E-state index contributed by atoms with van der Waals surface area (Å²) < 4.78 is 0. The van der Waals surface area contributed by atoms with Gasteiger partial charge in [-0.3, -0.25) is 0 Å². The molecule has 0 amide bonds. The average molecular weight is 375 g/mol. The molecule has 8 heavy (non-hydrogen) atoms. The van der Waals surface area contributed by atoms with Crippen LogP contribution in [0.2, 0.25) is 6.32 Å². The Kier molecular flexibility index (Phi) is 25.8. The van der Waals surface area contributed by atoms with Crippen molar-refractivity contribution in [3.8, 4) is 0 Å². The molecule has 0 saturated heterocycles. The fourth-order valence-electron chi connectivity index (χ4n) is 0.354. The van der Waals surface area contributed by atoms with Gasteiger partial charge in [0.2, 0.25) is 0 Å². The predicted molar refractivity (Wildman–Crippen MR) is 61.4 cm³/mol. The second-order valence-corrected chi connectivity index (χ2v) is 10.7. The molecule has 0 aromatic heterocycles. The van der Waals surface area contributed by atoms with Gasteiger partial charge in [-0.05, 0) is 0 Å². The van der Waals surface area contributed by atoms with Crippen LogP contribution in [-0.4, -0.2) is 22.0 Å². The van der Waals surface area contributed by atoms with Gasteiger partial charge in [0, 0.05) is 0 Å². The number of hydrogen-bond donors (Lipinski definition) is 0. The molecule has 0 bridgehead atoms. The maximum absolute atomic E-state index is 2.28. The Morgan fingerprint density at radius 2 is 2.00 bits per heavy atom. The first kappa shape index (κ1) is 12.8. The molecule has 0 aliphatic rings. The molecule has 0 aliphatic carbocycles. The third kappa shape index (κ3) is 24.1. The van der Waals surface area contributed by atoms with E-state index in [4.69, 9.17) is 0 Å². The Morgan fingerprint density at radius 1 is 1.62 bits per heavy atom. The first-order valence-electron chi connectivity index (χ1n) is 2.68. The molecule has 0 aromatic carbocycles. The summed E-state index contributed by atoms with van der Waals surface area (Å²) >= 11 is 4.55. The van der Waals surface area contributed by atoms with Crippen LogP contribution < -0.4 is 0 Å². The quantitative estimate of drug-likeness (QED) is 0.488. The first-order valence-corrected chi connectivity index (χ1v) is 9.81. The number of halogens is 2. The van der Waals surface area contributed by atoms with E-state index in [-0.39, 0.29) is 0 Å². The Morgan fingerprint density at radius 3 is 2.00 bits per heavy atom. The third-order valence-electron chi connectivity index (χ3n) is 0.707. The maximum atomic E-state index is 2.28. The van der Waals surface area contributed by atoms with Gasteiger partial charge in [-0.15, -0.1) is 0 Å². The van der Waals surface area contributed by atoms with Gasteiger partial charge in [-0.25, -0.2) is 0 Å². The van der Waals surface area contributed by atoms with Crippen molar-refractivity contribution < 1.29 is 8.46 Å². The molecule has 6 heteroatoms. The van der Waals surface area contributed by atoms with E-state index < -0.39 is 0 Å². The molecule has 0 aliphatic heterocycles. The van der Waals surface area contributed by atoms with Crippen LogP contribution in [0.25, 0.3) is 0 Å². The van der Waals surface area contributed by atoms with E-state index in [1.807, 2.05) is 0 Å². The molecular weight excluding hydrogens is 366 g/mol. The van der Waals surface area contributed by atoms with E-state index in [2.05, 4.69) is 55.3 Å². The SMILES string of the molecule is BBBCC.[I][Fe][I]. The molecule has 0 N–H and O–H groups in total. The molecule has 0 atom stereocenters. The van der Waals surface area contributed by atoms with Crippen LogP contribution in [0.15, 0.2) is 0 Å². The summed E-state index contributed by atoms with van der Waals surface area (Å²) in [6, 6.07) is 0. The minimum atomic E-state index is 1.19. The van der Waals surface area contributed by atoms with Crippen LogP contribution in [0.1, 0.15) is 6.92 Å². The summed E-state index contributed by atoms with van der Waals surface area (Å²) in [7, 11) is 6.13. The van der Waals surface area contributed by atoms with Crippen molar-refractivity contribution in [2.24, 2.45) is 0 Å². The van der Waals surface area contributed by atoms with E-state index in [9.17, 15) is 0 Å². The first-order chi connectivity index (χ1) is 3.83. The van der Waals surface area contributed by atoms with Crippen molar-refractivity contribution in [1.29, 1.82) is 0 Å². The summed E-state index contributed by atoms with van der Waals surface area (Å²) in [6.45, 7) is 2.21. The molecule has 0 nitrogen and oxygen atoms in total. The molecule has 0 unspecified atom stereocenters. The molecule has 0 radical (unpaired) electrons. The van der Waals surface area contributed by atoms with Gasteiger partial charge in [-0.2, -0.15) is 0 Å². The third-order valence-corrected chi connectivity index (χ3v) is 0.707. The molecule has 0 rings (SSSR count). The Labute approximate surface area is 83.2 Å². The van der Waals surface area contributed by atoms with Gasteiger partial charge in [0.15, 0.2) is 0 Å². The fraction of sp³-hybridized carbons (Fsp3) is 1.00. The van der Waals surface area contributed by atoms with Crippen LogP contribution in [0, 0.1) is 0 Å². The van der Waals surface area contributed by atoms with Crippen molar-refractivity contribution in [3.63, 3.8) is 0 Å². The Balaban J connectivity index is 0. The zero-order valence-corrected chi connectivity index (χ0v) is 10.6. The molecule has 0 saturated carbocycles. The number of rotatable bonds is 2. The summed E-state index contributed by atoms with van der Waals surface area (Å²) in [5.74, 6) is 0. The van der Waals surface area contributed by atoms with Crippen molar-refractivity contribution in [3.05, 3.63) is 0 Å². The summed E-state index contributed by atoms with van der Waals surface area (Å²) in [5, 5.41) is 0. The van der Waals surface area contributed by atoms with Gasteiger partial charge in [0.05, 0.1) is 22.0 Å². The van der Waals surface area contributed by atoms with Crippen molar-refractivity contribution in [2.75, 3.05) is 0 Å². The number of hydrogen-bond acceptors (Lipinski definition) is 0. The predicted octanol–water partition coefficient (Wildman–Crippen LogP) is 0.530. The van der Waals surface area contributed by atoms with Gasteiger partial charge in [0.25, 0.3) is 0 Å². The van der Waals surface area contributed by atoms with Crippen LogP contribution in [0.5, 0.6) is 0 Å². The van der Waals surface area contributed by atoms with Crippen LogP contribution >= 0.6 is 40.7 Å². The molecule has 0 aromatic rings. The van der Waals surface area contributed by atoms with Gasteiger partial charge in [-0.1, -0.05) is 13.2 Å². The second-order valence-electron chi connectivity index (χ2n) is 1.40. The Hall–Kier alpha value is 2.17. The normalized spacial score (nSPS) is 6.88. The average Bonchev–Trinajstić information content (AvgIpc) is 1.71. The zero-order chi connectivity index (χ0) is 6.83. The van der Waals surface area contributed by atoms with E-state index >= 15 is 0 Å². The van der Waals surface area contributed by atoms with E-state index in [0.717, 1.165) is 0 Å². The molecular formula is C2H9B3FeI2. The zero-order valence-electron chi connectivity index (χ0n) is 5.23. The summed E-state index contributed by atoms with van der Waals surface area (Å²) in [6.07, 6.45) is 1.34. The summed E-state index contributed by atoms with van der Waals surface area (Å²) in [5.41, 5.74) is 0. The van der Waals surface area contributed by atoms with E-state index in [1.165, 1.54) is 29.0 Å². The van der Waals surface area contributed by atoms with Crippen molar-refractivity contribution in [2.45, 2.75) is 13.2 Å². The van der Waals surface area contributed by atoms with Crippen LogP contribution in [-0.2, 0) is 8.46 Å². The van der Waals surface area contributed by atoms with E-state index in [1.54, 1.807) is 0 Å². The summed E-state index contributed by atoms with van der Waals surface area (Å²) in [4.78, 5) is 0. The van der Waals surface area contributed by atoms with Crippen molar-refractivity contribution in [1.82, 2.24) is 0 Å². The van der Waals surface area contributed by atoms with Gasteiger partial charge < -0.3 is 0 Å². The van der Waals surface area contributed by atoms with Crippen LogP contribution in [0.4, 0.5) is 0 Å². The van der Waals surface area contributed by atoms with Crippen LogP contribution in [0.3, 0.4) is 0 Å². The standard InChI is InChI=1S/C2H9B3.Fe.2HI/c1-2-4-5-3;;;/h4-5H,2-3H2,1H3;;2*1H/q;+2;;/p-2.